The fourth-order valence-corrected chi connectivity index (χ4v) is 2.86. The van der Waals surface area contributed by atoms with Gasteiger partial charge in [0.1, 0.15) is 18.0 Å². The Balaban J connectivity index is 1.65. The van der Waals surface area contributed by atoms with E-state index >= 15 is 0 Å². The second-order valence-corrected chi connectivity index (χ2v) is 6.53. The van der Waals surface area contributed by atoms with Crippen LogP contribution in [0.1, 0.15) is 24.4 Å². The van der Waals surface area contributed by atoms with Crippen molar-refractivity contribution < 1.29 is 17.6 Å². The lowest BCUT2D eigenvalue weighted by molar-refractivity contribution is -0.141. The third-order valence-electron chi connectivity index (χ3n) is 4.44. The molecule has 1 N–H and O–H groups in total. The average Bonchev–Trinajstić information content (AvgIpc) is 2.74. The number of hydrogen-bond donors (Lipinski definition) is 1. The molecule has 0 radical (unpaired) electrons. The first kappa shape index (κ1) is 19.6. The molecule has 3 aromatic heterocycles. The van der Waals surface area contributed by atoms with Crippen molar-refractivity contribution >= 4 is 16.9 Å². The highest BCUT2D eigenvalue weighted by molar-refractivity contribution is 5.89. The summed E-state index contributed by atoms with van der Waals surface area (Å²) in [5, 5.41) is 10.6. The number of pyridine rings is 1. The van der Waals surface area contributed by atoms with E-state index in [0.717, 1.165) is 17.2 Å². The van der Waals surface area contributed by atoms with Crippen molar-refractivity contribution in [3.8, 4) is 11.1 Å². The van der Waals surface area contributed by atoms with Crippen molar-refractivity contribution in [1.29, 1.82) is 0 Å². The van der Waals surface area contributed by atoms with Crippen LogP contribution < -0.4 is 5.32 Å². The second-order valence-electron chi connectivity index (χ2n) is 6.53. The zero-order chi connectivity index (χ0) is 21.3. The lowest BCUT2D eigenvalue weighted by Crippen LogP contribution is -2.14. The SMILES string of the molecule is CC(Nc1ncnc2ncc(-c3ccc(F)cc3)cc12)c1ccc(C(F)(F)F)nn1. The Morgan fingerprint density at radius 1 is 0.900 bits per heavy atom. The molecule has 1 atom stereocenters. The van der Waals surface area contributed by atoms with Gasteiger partial charge >= 0.3 is 6.18 Å². The van der Waals surface area contributed by atoms with E-state index in [-0.39, 0.29) is 5.82 Å². The van der Waals surface area contributed by atoms with E-state index in [2.05, 4.69) is 30.5 Å². The van der Waals surface area contributed by atoms with E-state index in [4.69, 9.17) is 0 Å². The fraction of sp³-hybridized carbons (Fsp3) is 0.150. The molecule has 0 saturated carbocycles. The van der Waals surface area contributed by atoms with Crippen molar-refractivity contribution in [1.82, 2.24) is 25.1 Å². The van der Waals surface area contributed by atoms with E-state index in [1.165, 1.54) is 24.5 Å². The van der Waals surface area contributed by atoms with Gasteiger partial charge in [0.25, 0.3) is 0 Å². The molecule has 30 heavy (non-hydrogen) atoms. The Bertz CT molecular complexity index is 1180. The quantitative estimate of drug-likeness (QED) is 0.483. The Morgan fingerprint density at radius 2 is 1.67 bits per heavy atom. The number of halogens is 4. The van der Waals surface area contributed by atoms with E-state index < -0.39 is 17.9 Å². The summed E-state index contributed by atoms with van der Waals surface area (Å²) in [7, 11) is 0. The van der Waals surface area contributed by atoms with Gasteiger partial charge in [0, 0.05) is 11.8 Å². The van der Waals surface area contributed by atoms with Gasteiger partial charge < -0.3 is 5.32 Å². The number of nitrogens with zero attached hydrogens (tertiary/aromatic N) is 5. The minimum atomic E-state index is -4.55. The average molecular weight is 414 g/mol. The third kappa shape index (κ3) is 4.02. The fourth-order valence-electron chi connectivity index (χ4n) is 2.86. The van der Waals surface area contributed by atoms with Crippen LogP contribution in [-0.2, 0) is 6.18 Å². The minimum Gasteiger partial charge on any atom is -0.361 e. The molecule has 4 aromatic rings. The van der Waals surface area contributed by atoms with Crippen molar-refractivity contribution in [2.24, 2.45) is 0 Å². The molecule has 0 aliphatic heterocycles. The Hall–Kier alpha value is -3.69. The molecule has 0 spiro atoms. The molecular weight excluding hydrogens is 400 g/mol. The molecular formula is C20H14F4N6. The van der Waals surface area contributed by atoms with E-state index in [1.807, 2.05) is 6.07 Å². The van der Waals surface area contributed by atoms with Gasteiger partial charge in [-0.2, -0.15) is 18.3 Å². The number of fused-ring (bicyclic) bond motifs is 1. The van der Waals surface area contributed by atoms with Crippen LogP contribution >= 0.6 is 0 Å². The summed E-state index contributed by atoms with van der Waals surface area (Å²) in [6.45, 7) is 1.72. The highest BCUT2D eigenvalue weighted by Crippen LogP contribution is 2.29. The van der Waals surface area contributed by atoms with Crippen LogP contribution in [0, 0.1) is 5.82 Å². The van der Waals surface area contributed by atoms with Gasteiger partial charge in [-0.15, -0.1) is 5.10 Å². The highest BCUT2D eigenvalue weighted by atomic mass is 19.4. The molecule has 4 rings (SSSR count). The first-order valence-corrected chi connectivity index (χ1v) is 8.85. The lowest BCUT2D eigenvalue weighted by Gasteiger charge is -2.15. The summed E-state index contributed by atoms with van der Waals surface area (Å²) in [5.41, 5.74) is 1.20. The summed E-state index contributed by atoms with van der Waals surface area (Å²) in [6.07, 6.45) is -1.59. The minimum absolute atomic E-state index is 0.317. The Morgan fingerprint density at radius 3 is 2.33 bits per heavy atom. The molecule has 152 valence electrons. The van der Waals surface area contributed by atoms with Gasteiger partial charge in [-0.05, 0) is 42.8 Å². The zero-order valence-electron chi connectivity index (χ0n) is 15.5. The van der Waals surface area contributed by atoms with Gasteiger partial charge in [0.2, 0.25) is 0 Å². The Labute approximate surface area is 168 Å². The molecule has 1 aromatic carbocycles. The molecule has 0 bridgehead atoms. The van der Waals surface area contributed by atoms with E-state index in [1.54, 1.807) is 25.3 Å². The van der Waals surface area contributed by atoms with Crippen LogP contribution in [0.5, 0.6) is 0 Å². The molecule has 0 fully saturated rings. The maximum absolute atomic E-state index is 13.2. The maximum atomic E-state index is 13.2. The number of anilines is 1. The predicted octanol–water partition coefficient (Wildman–Crippen LogP) is 4.81. The molecule has 0 saturated heterocycles. The van der Waals surface area contributed by atoms with E-state index in [9.17, 15) is 17.6 Å². The summed E-state index contributed by atoms with van der Waals surface area (Å²) in [5.74, 6) is 0.0929. The van der Waals surface area contributed by atoms with Crippen LogP contribution in [0.4, 0.5) is 23.4 Å². The summed E-state index contributed by atoms with van der Waals surface area (Å²) in [4.78, 5) is 12.7. The molecule has 0 aliphatic rings. The largest absolute Gasteiger partial charge is 0.435 e. The molecule has 0 amide bonds. The normalized spacial score (nSPS) is 12.7. The molecule has 3 heterocycles. The van der Waals surface area contributed by atoms with Crippen LogP contribution in [0.25, 0.3) is 22.2 Å². The summed E-state index contributed by atoms with van der Waals surface area (Å²) >= 11 is 0. The lowest BCUT2D eigenvalue weighted by atomic mass is 10.1. The van der Waals surface area contributed by atoms with E-state index in [0.29, 0.717) is 22.5 Å². The van der Waals surface area contributed by atoms with Crippen molar-refractivity contribution in [2.45, 2.75) is 19.1 Å². The van der Waals surface area contributed by atoms with Gasteiger partial charge in [-0.25, -0.2) is 19.3 Å². The first-order valence-electron chi connectivity index (χ1n) is 8.85. The molecule has 0 aliphatic carbocycles. The zero-order valence-corrected chi connectivity index (χ0v) is 15.5. The number of aromatic nitrogens is 5. The molecule has 6 nitrogen and oxygen atoms in total. The third-order valence-corrected chi connectivity index (χ3v) is 4.44. The van der Waals surface area contributed by atoms with Crippen molar-refractivity contribution in [3.05, 3.63) is 72.2 Å². The second kappa shape index (κ2) is 7.62. The summed E-state index contributed by atoms with van der Waals surface area (Å²) in [6, 6.07) is 9.45. The smallest absolute Gasteiger partial charge is 0.361 e. The number of rotatable bonds is 4. The van der Waals surface area contributed by atoms with Crippen LogP contribution in [0.3, 0.4) is 0 Å². The Kier molecular flexibility index (Phi) is 4.98. The first-order chi connectivity index (χ1) is 14.3. The number of hydrogen-bond acceptors (Lipinski definition) is 6. The van der Waals surface area contributed by atoms with Crippen molar-refractivity contribution in [3.63, 3.8) is 0 Å². The van der Waals surface area contributed by atoms with Gasteiger partial charge in [-0.3, -0.25) is 0 Å². The van der Waals surface area contributed by atoms with Gasteiger partial charge in [0.05, 0.1) is 17.1 Å². The maximum Gasteiger partial charge on any atom is 0.435 e. The molecule has 1 unspecified atom stereocenters. The monoisotopic (exact) mass is 414 g/mol. The topological polar surface area (TPSA) is 76.5 Å². The summed E-state index contributed by atoms with van der Waals surface area (Å²) < 4.78 is 51.2. The molecule has 10 heteroatoms. The standard InChI is InChI=1S/C20H14F4N6/c1-11(16-6-7-17(30-29-16)20(22,23)24)28-19-15-8-13(9-25-18(15)26-10-27-19)12-2-4-14(21)5-3-12/h2-11H,1H3,(H,25,26,27,28). The van der Waals surface area contributed by atoms with Crippen molar-refractivity contribution in [2.75, 3.05) is 5.32 Å². The van der Waals surface area contributed by atoms with Crippen LogP contribution in [0.15, 0.2) is 55.0 Å². The number of nitrogens with one attached hydrogen (secondary N) is 1. The number of alkyl halides is 3. The highest BCUT2D eigenvalue weighted by Gasteiger charge is 2.33. The number of benzene rings is 1. The van der Waals surface area contributed by atoms with Gasteiger partial charge in [0.15, 0.2) is 11.3 Å². The van der Waals surface area contributed by atoms with Crippen LogP contribution in [-0.4, -0.2) is 25.1 Å². The predicted molar refractivity (Wildman–Crippen MR) is 102 cm³/mol. The van der Waals surface area contributed by atoms with Crippen LogP contribution in [0.2, 0.25) is 0 Å². The van der Waals surface area contributed by atoms with Gasteiger partial charge in [-0.1, -0.05) is 12.1 Å².